The number of nitrogens with zero attached hydrogens (tertiary/aromatic N) is 1. The van der Waals surface area contributed by atoms with Crippen LogP contribution >= 0.6 is 0 Å². The Labute approximate surface area is 141 Å². The molecule has 1 heterocycles. The van der Waals surface area contributed by atoms with Crippen LogP contribution in [0.25, 0.3) is 0 Å². The van der Waals surface area contributed by atoms with Gasteiger partial charge >= 0.3 is 6.03 Å². The van der Waals surface area contributed by atoms with Gasteiger partial charge in [-0.15, -0.1) is 0 Å². The lowest BCUT2D eigenvalue weighted by Crippen LogP contribution is -2.28. The number of carbonyl (C=O) groups is 1. The van der Waals surface area contributed by atoms with E-state index in [-0.39, 0.29) is 18.3 Å². The molecule has 1 aromatic heterocycles. The molecule has 0 fully saturated rings. The summed E-state index contributed by atoms with van der Waals surface area (Å²) in [4.78, 5) is 16.0. The maximum atomic E-state index is 11.9. The van der Waals surface area contributed by atoms with Crippen LogP contribution in [0.15, 0.2) is 42.6 Å². The van der Waals surface area contributed by atoms with Crippen molar-refractivity contribution in [3.8, 4) is 5.88 Å². The highest BCUT2D eigenvalue weighted by molar-refractivity contribution is 7.89. The summed E-state index contributed by atoms with van der Waals surface area (Å²) >= 11 is 0. The summed E-state index contributed by atoms with van der Waals surface area (Å²) in [5.74, 6) is 0.434. The van der Waals surface area contributed by atoms with Gasteiger partial charge in [0.1, 0.15) is 0 Å². The molecule has 8 heteroatoms. The number of benzene rings is 1. The molecular weight excluding hydrogens is 330 g/mol. The molecule has 2 N–H and O–H groups in total. The normalized spacial score (nSPS) is 10.9. The number of carbonyl (C=O) groups excluding carboxylic acids is 1. The van der Waals surface area contributed by atoms with Crippen LogP contribution in [-0.2, 0) is 22.1 Å². The van der Waals surface area contributed by atoms with Crippen molar-refractivity contribution < 1.29 is 17.9 Å². The van der Waals surface area contributed by atoms with Crippen LogP contribution in [0.2, 0.25) is 0 Å². The Hall–Kier alpha value is -2.61. The van der Waals surface area contributed by atoms with E-state index in [1.54, 1.807) is 36.5 Å². The first kappa shape index (κ1) is 17.7. The van der Waals surface area contributed by atoms with Crippen molar-refractivity contribution in [1.82, 2.24) is 10.3 Å². The molecule has 2 rings (SSSR count). The fourth-order valence-corrected chi connectivity index (χ4v) is 2.88. The van der Waals surface area contributed by atoms with Gasteiger partial charge in [0.2, 0.25) is 5.88 Å². The van der Waals surface area contributed by atoms with E-state index in [4.69, 9.17) is 4.74 Å². The van der Waals surface area contributed by atoms with Crippen LogP contribution in [0.4, 0.5) is 10.5 Å². The second-order valence-electron chi connectivity index (χ2n) is 5.25. The maximum absolute atomic E-state index is 11.9. The minimum absolute atomic E-state index is 0.0275. The third-order valence-electron chi connectivity index (χ3n) is 3.12. The lowest BCUT2D eigenvalue weighted by Gasteiger charge is -2.10. The zero-order valence-electron chi connectivity index (χ0n) is 13.4. The van der Waals surface area contributed by atoms with E-state index >= 15 is 0 Å². The summed E-state index contributed by atoms with van der Waals surface area (Å²) in [5, 5.41) is 5.39. The van der Waals surface area contributed by atoms with E-state index in [1.165, 1.54) is 13.4 Å². The number of pyridine rings is 1. The fourth-order valence-electron chi connectivity index (χ4n) is 2.08. The predicted octanol–water partition coefficient (Wildman–Crippen LogP) is 1.96. The largest absolute Gasteiger partial charge is 0.481 e. The number of amides is 2. The van der Waals surface area contributed by atoms with Gasteiger partial charge in [0.15, 0.2) is 9.84 Å². The first-order chi connectivity index (χ1) is 11.4. The molecule has 0 bridgehead atoms. The molecule has 0 spiro atoms. The quantitative estimate of drug-likeness (QED) is 0.831. The van der Waals surface area contributed by atoms with Gasteiger partial charge in [-0.1, -0.05) is 18.2 Å². The molecule has 0 atom stereocenters. The Morgan fingerprint density at radius 1 is 1.21 bits per heavy atom. The van der Waals surface area contributed by atoms with Gasteiger partial charge in [0.05, 0.1) is 12.9 Å². The van der Waals surface area contributed by atoms with E-state index in [1.807, 2.05) is 6.07 Å². The van der Waals surface area contributed by atoms with Crippen molar-refractivity contribution in [2.75, 3.05) is 18.7 Å². The van der Waals surface area contributed by atoms with Crippen molar-refractivity contribution >= 4 is 21.6 Å². The second kappa shape index (κ2) is 7.78. The molecule has 24 heavy (non-hydrogen) atoms. The lowest BCUT2D eigenvalue weighted by atomic mass is 10.2. The van der Waals surface area contributed by atoms with E-state index in [2.05, 4.69) is 15.6 Å². The number of rotatable bonds is 6. The molecule has 1 aromatic carbocycles. The molecule has 2 amide bonds. The number of aromatic nitrogens is 1. The van der Waals surface area contributed by atoms with Crippen LogP contribution in [0.1, 0.15) is 11.1 Å². The summed E-state index contributed by atoms with van der Waals surface area (Å²) in [6, 6.07) is 9.85. The monoisotopic (exact) mass is 349 g/mol. The highest BCUT2D eigenvalue weighted by Gasteiger charge is 2.07. The highest BCUT2D eigenvalue weighted by Crippen LogP contribution is 2.14. The summed E-state index contributed by atoms with van der Waals surface area (Å²) in [7, 11) is -1.56. The second-order valence-corrected chi connectivity index (χ2v) is 7.39. The zero-order chi connectivity index (χ0) is 17.6. The Bertz CT molecular complexity index is 804. The van der Waals surface area contributed by atoms with Crippen molar-refractivity contribution in [1.29, 1.82) is 0 Å². The number of sulfone groups is 1. The van der Waals surface area contributed by atoms with Crippen LogP contribution in [0, 0.1) is 0 Å². The van der Waals surface area contributed by atoms with Gasteiger partial charge in [-0.05, 0) is 23.8 Å². The van der Waals surface area contributed by atoms with Crippen LogP contribution in [0.5, 0.6) is 5.88 Å². The topological polar surface area (TPSA) is 97.4 Å². The van der Waals surface area contributed by atoms with Gasteiger partial charge in [-0.25, -0.2) is 18.2 Å². The molecule has 0 unspecified atom stereocenters. The average molecular weight is 349 g/mol. The van der Waals surface area contributed by atoms with Gasteiger partial charge in [0.25, 0.3) is 0 Å². The molecule has 0 saturated heterocycles. The third-order valence-corrected chi connectivity index (χ3v) is 3.98. The number of ether oxygens (including phenoxy) is 1. The van der Waals surface area contributed by atoms with Crippen molar-refractivity contribution in [2.24, 2.45) is 0 Å². The molecule has 2 aromatic rings. The standard InChI is InChI=1S/C16H19N3O4S/c1-23-15-13(4-3-9-17-15)10-18-16(20)19-14-7-5-12(6-8-14)11-24(2,21)22/h3-9H,10-11H2,1-2H3,(H2,18,19,20). The minimum Gasteiger partial charge on any atom is -0.481 e. The lowest BCUT2D eigenvalue weighted by molar-refractivity contribution is 0.251. The van der Waals surface area contributed by atoms with Crippen molar-refractivity contribution in [3.63, 3.8) is 0 Å². The first-order valence-corrected chi connectivity index (χ1v) is 9.23. The zero-order valence-corrected chi connectivity index (χ0v) is 14.3. The molecule has 128 valence electrons. The van der Waals surface area contributed by atoms with E-state index in [0.717, 1.165) is 5.56 Å². The van der Waals surface area contributed by atoms with Crippen LogP contribution < -0.4 is 15.4 Å². The number of hydrogen-bond acceptors (Lipinski definition) is 5. The Morgan fingerprint density at radius 3 is 2.54 bits per heavy atom. The number of hydrogen-bond donors (Lipinski definition) is 2. The minimum atomic E-state index is -3.08. The smallest absolute Gasteiger partial charge is 0.319 e. The van der Waals surface area contributed by atoms with Crippen LogP contribution in [0.3, 0.4) is 0 Å². The van der Waals surface area contributed by atoms with E-state index < -0.39 is 9.84 Å². The molecule has 0 aliphatic rings. The molecule has 7 nitrogen and oxygen atoms in total. The maximum Gasteiger partial charge on any atom is 0.319 e. The molecule has 0 saturated carbocycles. The highest BCUT2D eigenvalue weighted by atomic mass is 32.2. The van der Waals surface area contributed by atoms with Gasteiger partial charge in [-0.3, -0.25) is 0 Å². The average Bonchev–Trinajstić information content (AvgIpc) is 2.53. The fraction of sp³-hybridized carbons (Fsp3) is 0.250. The van der Waals surface area contributed by atoms with E-state index in [9.17, 15) is 13.2 Å². The third kappa shape index (κ3) is 5.54. The Balaban J connectivity index is 1.90. The number of nitrogens with one attached hydrogen (secondary N) is 2. The Morgan fingerprint density at radius 2 is 1.92 bits per heavy atom. The molecule has 0 aliphatic carbocycles. The van der Waals surface area contributed by atoms with Crippen LogP contribution in [-0.4, -0.2) is 32.8 Å². The van der Waals surface area contributed by atoms with E-state index in [0.29, 0.717) is 17.1 Å². The number of anilines is 1. The van der Waals surface area contributed by atoms with Crippen molar-refractivity contribution in [2.45, 2.75) is 12.3 Å². The predicted molar refractivity (Wildman–Crippen MR) is 91.6 cm³/mol. The van der Waals surface area contributed by atoms with Gasteiger partial charge in [-0.2, -0.15) is 0 Å². The summed E-state index contributed by atoms with van der Waals surface area (Å²) in [5.41, 5.74) is 2.00. The number of urea groups is 1. The van der Waals surface area contributed by atoms with Gasteiger partial charge in [0, 0.05) is 30.2 Å². The summed E-state index contributed by atoms with van der Waals surface area (Å²) in [6.07, 6.45) is 2.79. The van der Waals surface area contributed by atoms with Crippen molar-refractivity contribution in [3.05, 3.63) is 53.7 Å². The summed E-state index contributed by atoms with van der Waals surface area (Å²) in [6.45, 7) is 0.273. The molecule has 0 aliphatic heterocycles. The molecule has 0 radical (unpaired) electrons. The van der Waals surface area contributed by atoms with Gasteiger partial charge < -0.3 is 15.4 Å². The first-order valence-electron chi connectivity index (χ1n) is 7.17. The molecular formula is C16H19N3O4S. The number of methoxy groups -OCH3 is 1. The summed E-state index contributed by atoms with van der Waals surface area (Å²) < 4.78 is 27.6. The Kier molecular flexibility index (Phi) is 5.75. The SMILES string of the molecule is COc1ncccc1CNC(=O)Nc1ccc(CS(C)(=O)=O)cc1.